The molecule has 1 aromatic carbocycles. The molecule has 2 fully saturated rings. The Hall–Kier alpha value is -1.29. The molecule has 0 saturated heterocycles. The minimum atomic E-state index is 0.106. The first kappa shape index (κ1) is 9.90. The van der Waals surface area contributed by atoms with Crippen LogP contribution in [0.1, 0.15) is 30.4 Å². The lowest BCUT2D eigenvalue weighted by molar-refractivity contribution is 0.463. The molecule has 0 heterocycles. The van der Waals surface area contributed by atoms with Gasteiger partial charge in [-0.05, 0) is 50.0 Å². The van der Waals surface area contributed by atoms with Crippen molar-refractivity contribution in [1.82, 2.24) is 0 Å². The van der Waals surface area contributed by atoms with Crippen molar-refractivity contribution >= 4 is 0 Å². The number of aryl methyl sites for hydroxylation is 1. The van der Waals surface area contributed by atoms with Crippen molar-refractivity contribution < 1.29 is 0 Å². The molecule has 3 atom stereocenters. The van der Waals surface area contributed by atoms with E-state index in [0.717, 1.165) is 18.3 Å². The largest absolute Gasteiger partial charge is 0.198 e. The van der Waals surface area contributed by atoms with Gasteiger partial charge in [-0.15, -0.1) is 0 Å². The Bertz CT molecular complexity index is 457. The maximum atomic E-state index is 9.14. The lowest BCUT2D eigenvalue weighted by Gasteiger charge is -2.12. The molecule has 1 aromatic rings. The Morgan fingerprint density at radius 3 is 3.00 bits per heavy atom. The Morgan fingerprint density at radius 1 is 1.44 bits per heavy atom. The van der Waals surface area contributed by atoms with Crippen LogP contribution < -0.4 is 0 Å². The van der Waals surface area contributed by atoms with E-state index in [9.17, 15) is 0 Å². The quantitative estimate of drug-likeness (QED) is 0.734. The summed E-state index contributed by atoms with van der Waals surface area (Å²) in [5.74, 6) is 1.48. The highest BCUT2D eigenvalue weighted by Crippen LogP contribution is 2.65. The van der Waals surface area contributed by atoms with Gasteiger partial charge in [0.05, 0.1) is 11.5 Å². The van der Waals surface area contributed by atoms with Gasteiger partial charge in [0.15, 0.2) is 0 Å². The fraction of sp³-hybridized carbons (Fsp3) is 0.533. The van der Waals surface area contributed by atoms with Crippen LogP contribution in [-0.2, 0) is 6.42 Å². The molecule has 0 amide bonds. The van der Waals surface area contributed by atoms with Crippen LogP contribution in [0.15, 0.2) is 24.3 Å². The fourth-order valence-electron chi connectivity index (χ4n) is 3.45. The van der Waals surface area contributed by atoms with Crippen molar-refractivity contribution in [3.63, 3.8) is 0 Å². The third kappa shape index (κ3) is 1.53. The summed E-state index contributed by atoms with van der Waals surface area (Å²) in [4.78, 5) is 0. The first-order valence-electron chi connectivity index (χ1n) is 6.19. The average Bonchev–Trinajstić information content (AvgIpc) is 2.82. The average molecular weight is 211 g/mol. The van der Waals surface area contributed by atoms with E-state index >= 15 is 0 Å². The lowest BCUT2D eigenvalue weighted by Crippen LogP contribution is -2.04. The van der Waals surface area contributed by atoms with Crippen LogP contribution in [0, 0.1) is 35.5 Å². The van der Waals surface area contributed by atoms with Gasteiger partial charge in [-0.25, -0.2) is 0 Å². The first-order chi connectivity index (χ1) is 7.72. The molecule has 0 N–H and O–H groups in total. The van der Waals surface area contributed by atoms with Gasteiger partial charge >= 0.3 is 0 Å². The minimum Gasteiger partial charge on any atom is -0.198 e. The molecular formula is C15H17N. The van der Waals surface area contributed by atoms with Crippen LogP contribution in [0.2, 0.25) is 0 Å². The van der Waals surface area contributed by atoms with Crippen molar-refractivity contribution in [3.8, 4) is 6.07 Å². The van der Waals surface area contributed by atoms with Gasteiger partial charge < -0.3 is 0 Å². The van der Waals surface area contributed by atoms with Gasteiger partial charge in [0.2, 0.25) is 0 Å². The van der Waals surface area contributed by atoms with Crippen molar-refractivity contribution in [2.45, 2.75) is 32.6 Å². The number of fused-ring (bicyclic) bond motifs is 1. The zero-order valence-corrected chi connectivity index (χ0v) is 9.74. The van der Waals surface area contributed by atoms with E-state index in [1.807, 2.05) is 0 Å². The van der Waals surface area contributed by atoms with Gasteiger partial charge in [-0.3, -0.25) is 0 Å². The summed E-state index contributed by atoms with van der Waals surface area (Å²) in [6.07, 6.45) is 4.76. The first-order valence-corrected chi connectivity index (χ1v) is 6.19. The summed E-state index contributed by atoms with van der Waals surface area (Å²) >= 11 is 0. The Balaban J connectivity index is 1.68. The summed E-state index contributed by atoms with van der Waals surface area (Å²) in [6.45, 7) is 2.15. The van der Waals surface area contributed by atoms with Gasteiger partial charge in [-0.1, -0.05) is 29.8 Å². The predicted octanol–water partition coefficient (Wildman–Crippen LogP) is 3.48. The standard InChI is InChI=1S/C15H17N/c1-11-3-2-4-12(5-11)6-13-7-14-9-15(14,8-13)10-16/h2-5,13-14H,6-9H2,1H3. The molecule has 2 aliphatic rings. The van der Waals surface area contributed by atoms with Crippen molar-refractivity contribution in [3.05, 3.63) is 35.4 Å². The third-order valence-corrected chi connectivity index (χ3v) is 4.33. The van der Waals surface area contributed by atoms with E-state index in [1.54, 1.807) is 0 Å². The molecule has 0 spiro atoms. The Morgan fingerprint density at radius 2 is 2.31 bits per heavy atom. The molecule has 0 bridgehead atoms. The summed E-state index contributed by atoms with van der Waals surface area (Å²) in [5, 5.41) is 9.14. The van der Waals surface area contributed by atoms with E-state index < -0.39 is 0 Å². The van der Waals surface area contributed by atoms with Crippen LogP contribution in [0.4, 0.5) is 0 Å². The Labute approximate surface area is 97.1 Å². The van der Waals surface area contributed by atoms with Gasteiger partial charge in [0.1, 0.15) is 0 Å². The monoisotopic (exact) mass is 211 g/mol. The molecule has 3 unspecified atom stereocenters. The maximum absolute atomic E-state index is 9.14. The molecule has 82 valence electrons. The maximum Gasteiger partial charge on any atom is 0.0692 e. The van der Waals surface area contributed by atoms with Crippen LogP contribution in [-0.4, -0.2) is 0 Å². The van der Waals surface area contributed by atoms with E-state index in [1.165, 1.54) is 30.4 Å². The summed E-state index contributed by atoms with van der Waals surface area (Å²) in [7, 11) is 0. The highest BCUT2D eigenvalue weighted by Gasteiger charge is 2.60. The summed E-state index contributed by atoms with van der Waals surface area (Å²) < 4.78 is 0. The number of benzene rings is 1. The fourth-order valence-corrected chi connectivity index (χ4v) is 3.45. The van der Waals surface area contributed by atoms with Crippen molar-refractivity contribution in [2.75, 3.05) is 0 Å². The van der Waals surface area contributed by atoms with Gasteiger partial charge in [0, 0.05) is 0 Å². The molecule has 0 radical (unpaired) electrons. The number of hydrogen-bond acceptors (Lipinski definition) is 1. The van der Waals surface area contributed by atoms with Crippen LogP contribution in [0.3, 0.4) is 0 Å². The number of nitrogens with zero attached hydrogens (tertiary/aromatic N) is 1. The molecule has 3 rings (SSSR count). The van der Waals surface area contributed by atoms with Crippen LogP contribution in [0.25, 0.3) is 0 Å². The van der Waals surface area contributed by atoms with E-state index in [4.69, 9.17) is 5.26 Å². The van der Waals surface area contributed by atoms with E-state index in [2.05, 4.69) is 37.3 Å². The van der Waals surface area contributed by atoms with Crippen LogP contribution >= 0.6 is 0 Å². The van der Waals surface area contributed by atoms with Gasteiger partial charge in [0.25, 0.3) is 0 Å². The highest BCUT2D eigenvalue weighted by atomic mass is 14.6. The SMILES string of the molecule is Cc1cccc(CC2CC3CC3(C#N)C2)c1. The topological polar surface area (TPSA) is 23.8 Å². The zero-order chi connectivity index (χ0) is 11.2. The molecule has 2 saturated carbocycles. The molecule has 1 nitrogen and oxygen atoms in total. The van der Waals surface area contributed by atoms with Crippen molar-refractivity contribution in [1.29, 1.82) is 5.26 Å². The zero-order valence-electron chi connectivity index (χ0n) is 9.74. The smallest absolute Gasteiger partial charge is 0.0692 e. The van der Waals surface area contributed by atoms with E-state index in [0.29, 0.717) is 0 Å². The third-order valence-electron chi connectivity index (χ3n) is 4.33. The molecule has 0 aromatic heterocycles. The lowest BCUT2D eigenvalue weighted by atomic mass is 9.92. The highest BCUT2D eigenvalue weighted by molar-refractivity contribution is 5.25. The molecular weight excluding hydrogens is 194 g/mol. The van der Waals surface area contributed by atoms with Crippen LogP contribution in [0.5, 0.6) is 0 Å². The molecule has 16 heavy (non-hydrogen) atoms. The number of rotatable bonds is 2. The second-order valence-electron chi connectivity index (χ2n) is 5.67. The molecule has 1 heteroatoms. The predicted molar refractivity (Wildman–Crippen MR) is 63.8 cm³/mol. The van der Waals surface area contributed by atoms with Crippen molar-refractivity contribution in [2.24, 2.45) is 17.3 Å². The number of nitriles is 1. The molecule has 0 aliphatic heterocycles. The summed E-state index contributed by atoms with van der Waals surface area (Å²) in [5.41, 5.74) is 2.89. The second kappa shape index (κ2) is 3.35. The molecule has 2 aliphatic carbocycles. The second-order valence-corrected chi connectivity index (χ2v) is 5.67. The number of hydrogen-bond donors (Lipinski definition) is 0. The van der Waals surface area contributed by atoms with E-state index in [-0.39, 0.29) is 5.41 Å². The Kier molecular flexibility index (Phi) is 2.07. The summed E-state index contributed by atoms with van der Waals surface area (Å²) in [6, 6.07) is 11.3. The normalized spacial score (nSPS) is 35.5. The van der Waals surface area contributed by atoms with Gasteiger partial charge in [-0.2, -0.15) is 5.26 Å². The minimum absolute atomic E-state index is 0.106.